The molecule has 4 atom stereocenters. The van der Waals surface area contributed by atoms with Gasteiger partial charge < -0.3 is 26.6 Å². The van der Waals surface area contributed by atoms with E-state index in [4.69, 9.17) is 5.73 Å². The van der Waals surface area contributed by atoms with Crippen molar-refractivity contribution < 1.29 is 33.0 Å². The van der Waals surface area contributed by atoms with Crippen LogP contribution >= 0.6 is 11.3 Å². The largest absolute Gasteiger partial charge is 0.390 e. The Morgan fingerprint density at radius 2 is 2.00 bits per heavy atom. The summed E-state index contributed by atoms with van der Waals surface area (Å²) in [5.41, 5.74) is 5.26. The van der Waals surface area contributed by atoms with Gasteiger partial charge in [-0.05, 0) is 17.9 Å². The normalized spacial score (nSPS) is 23.0. The monoisotopic (exact) mass is 445 g/mol. The molecule has 0 aromatic carbocycles. The van der Waals surface area contributed by atoms with E-state index in [1.807, 2.05) is 0 Å². The van der Waals surface area contributed by atoms with Gasteiger partial charge in [-0.25, -0.2) is 8.42 Å². The standard InChI is InChI=1S/C17H23N3O7S2/c1-29(26,27)6-4-10(15(18)23)19-16(24)9-7-11(14(22)12(21)8-9)20-17(25)13-3-2-5-28-13/h2-3,5,7,10-12,14,21-22H,4,6,8H2,1H3,(H2,18,23)(H,19,24)(H,20,25). The Morgan fingerprint density at radius 1 is 1.31 bits per heavy atom. The molecular weight excluding hydrogens is 422 g/mol. The summed E-state index contributed by atoms with van der Waals surface area (Å²) in [6.07, 6.45) is -0.764. The highest BCUT2D eigenvalue weighted by atomic mass is 32.2. The van der Waals surface area contributed by atoms with Crippen LogP contribution in [0.2, 0.25) is 0 Å². The van der Waals surface area contributed by atoms with Gasteiger partial charge in [0, 0.05) is 18.2 Å². The van der Waals surface area contributed by atoms with Crippen LogP contribution < -0.4 is 16.4 Å². The molecule has 1 aliphatic rings. The molecule has 2 rings (SSSR count). The Kier molecular flexibility index (Phi) is 7.52. The number of nitrogens with one attached hydrogen (secondary N) is 2. The van der Waals surface area contributed by atoms with Gasteiger partial charge >= 0.3 is 0 Å². The third-order valence-electron chi connectivity index (χ3n) is 4.33. The lowest BCUT2D eigenvalue weighted by Crippen LogP contribution is -2.52. The number of carbonyl (C=O) groups excluding carboxylic acids is 3. The summed E-state index contributed by atoms with van der Waals surface area (Å²) < 4.78 is 22.6. The fourth-order valence-electron chi connectivity index (χ4n) is 2.76. The van der Waals surface area contributed by atoms with Gasteiger partial charge in [0.05, 0.1) is 22.8 Å². The number of hydrogen-bond acceptors (Lipinski definition) is 8. The first kappa shape index (κ1) is 23.0. The summed E-state index contributed by atoms with van der Waals surface area (Å²) in [4.78, 5) is 36.7. The Hall–Kier alpha value is -2.28. The average Bonchev–Trinajstić information content (AvgIpc) is 3.15. The van der Waals surface area contributed by atoms with Gasteiger partial charge in [0.1, 0.15) is 22.0 Å². The number of hydrogen-bond donors (Lipinski definition) is 5. The number of carbonyl (C=O) groups is 3. The van der Waals surface area contributed by atoms with Crippen molar-refractivity contribution in [3.05, 3.63) is 34.0 Å². The van der Waals surface area contributed by atoms with Crippen LogP contribution in [0.1, 0.15) is 22.5 Å². The first-order chi connectivity index (χ1) is 13.5. The predicted octanol–water partition coefficient (Wildman–Crippen LogP) is -1.70. The number of aliphatic hydroxyl groups excluding tert-OH is 2. The molecule has 1 heterocycles. The Morgan fingerprint density at radius 3 is 2.55 bits per heavy atom. The Balaban J connectivity index is 2.12. The SMILES string of the molecule is CS(=O)(=O)CCC(NC(=O)C1=CC(NC(=O)c2cccs2)C(O)C(O)C1)C(N)=O. The molecule has 0 saturated heterocycles. The first-order valence-corrected chi connectivity index (χ1v) is 11.6. The van der Waals surface area contributed by atoms with Gasteiger partial charge in [-0.15, -0.1) is 11.3 Å². The molecule has 4 unspecified atom stereocenters. The molecule has 3 amide bonds. The van der Waals surface area contributed by atoms with Gasteiger partial charge in [0.25, 0.3) is 5.91 Å². The van der Waals surface area contributed by atoms with E-state index in [0.29, 0.717) is 4.88 Å². The average molecular weight is 446 g/mol. The number of sulfone groups is 1. The smallest absolute Gasteiger partial charge is 0.261 e. The van der Waals surface area contributed by atoms with Crippen LogP contribution in [0, 0.1) is 0 Å². The second-order valence-corrected chi connectivity index (χ2v) is 9.98. The van der Waals surface area contributed by atoms with Crippen LogP contribution in [0.3, 0.4) is 0 Å². The molecule has 10 nitrogen and oxygen atoms in total. The predicted molar refractivity (Wildman–Crippen MR) is 106 cm³/mol. The molecule has 12 heteroatoms. The maximum absolute atomic E-state index is 12.5. The van der Waals surface area contributed by atoms with Crippen LogP contribution in [0.15, 0.2) is 29.2 Å². The van der Waals surface area contributed by atoms with E-state index < -0.39 is 51.9 Å². The molecule has 0 aliphatic heterocycles. The second kappa shape index (κ2) is 9.48. The zero-order chi connectivity index (χ0) is 21.8. The number of primary amides is 1. The topological polar surface area (TPSA) is 176 Å². The van der Waals surface area contributed by atoms with E-state index in [-0.39, 0.29) is 24.2 Å². The zero-order valence-electron chi connectivity index (χ0n) is 15.6. The van der Waals surface area contributed by atoms with Gasteiger partial charge in [-0.1, -0.05) is 12.1 Å². The van der Waals surface area contributed by atoms with E-state index in [0.717, 1.165) is 6.26 Å². The molecule has 0 radical (unpaired) electrons. The lowest BCUT2D eigenvalue weighted by Gasteiger charge is -2.31. The highest BCUT2D eigenvalue weighted by Gasteiger charge is 2.34. The molecule has 0 saturated carbocycles. The van der Waals surface area contributed by atoms with Gasteiger partial charge in [-0.3, -0.25) is 14.4 Å². The van der Waals surface area contributed by atoms with E-state index in [1.165, 1.54) is 17.4 Å². The Bertz CT molecular complexity index is 896. The maximum Gasteiger partial charge on any atom is 0.261 e. The summed E-state index contributed by atoms with van der Waals surface area (Å²) in [6, 6.07) is 1.02. The van der Waals surface area contributed by atoms with Crippen molar-refractivity contribution in [1.29, 1.82) is 0 Å². The van der Waals surface area contributed by atoms with Crippen molar-refractivity contribution in [3.8, 4) is 0 Å². The maximum atomic E-state index is 12.5. The molecular formula is C17H23N3O7S2. The van der Waals surface area contributed by atoms with Crippen molar-refractivity contribution in [1.82, 2.24) is 10.6 Å². The number of thiophene rings is 1. The van der Waals surface area contributed by atoms with Crippen molar-refractivity contribution in [2.24, 2.45) is 5.73 Å². The minimum atomic E-state index is -3.37. The lowest BCUT2D eigenvalue weighted by atomic mass is 9.89. The van der Waals surface area contributed by atoms with Crippen LogP contribution in [-0.4, -0.2) is 72.7 Å². The summed E-state index contributed by atoms with van der Waals surface area (Å²) >= 11 is 1.19. The fourth-order valence-corrected chi connectivity index (χ4v) is 4.05. The van der Waals surface area contributed by atoms with Gasteiger partial charge in [-0.2, -0.15) is 0 Å². The Labute approximate surface area is 171 Å². The molecule has 0 fully saturated rings. The number of rotatable bonds is 8. The quantitative estimate of drug-likeness (QED) is 0.317. The molecule has 6 N–H and O–H groups in total. The van der Waals surface area contributed by atoms with E-state index in [1.54, 1.807) is 17.5 Å². The highest BCUT2D eigenvalue weighted by Crippen LogP contribution is 2.21. The minimum absolute atomic E-state index is 0.0323. The van der Waals surface area contributed by atoms with Crippen molar-refractivity contribution in [2.45, 2.75) is 37.1 Å². The summed E-state index contributed by atoms with van der Waals surface area (Å²) in [6.45, 7) is 0. The van der Waals surface area contributed by atoms with E-state index >= 15 is 0 Å². The summed E-state index contributed by atoms with van der Waals surface area (Å²) in [7, 11) is -3.37. The van der Waals surface area contributed by atoms with Gasteiger partial charge in [0.15, 0.2) is 0 Å². The second-order valence-electron chi connectivity index (χ2n) is 6.78. The first-order valence-electron chi connectivity index (χ1n) is 8.67. The molecule has 160 valence electrons. The zero-order valence-corrected chi connectivity index (χ0v) is 17.2. The van der Waals surface area contributed by atoms with Gasteiger partial charge in [0.2, 0.25) is 11.8 Å². The highest BCUT2D eigenvalue weighted by molar-refractivity contribution is 7.90. The molecule has 1 aromatic heterocycles. The van der Waals surface area contributed by atoms with Crippen LogP contribution in [0.25, 0.3) is 0 Å². The minimum Gasteiger partial charge on any atom is -0.390 e. The van der Waals surface area contributed by atoms with E-state index in [9.17, 15) is 33.0 Å². The van der Waals surface area contributed by atoms with Crippen molar-refractivity contribution in [3.63, 3.8) is 0 Å². The van der Waals surface area contributed by atoms with Crippen LogP contribution in [0.4, 0.5) is 0 Å². The third kappa shape index (κ3) is 6.63. The summed E-state index contributed by atoms with van der Waals surface area (Å²) in [5, 5.41) is 26.8. The number of nitrogens with two attached hydrogens (primary N) is 1. The molecule has 0 bridgehead atoms. The molecule has 0 spiro atoms. The van der Waals surface area contributed by atoms with E-state index in [2.05, 4.69) is 10.6 Å². The van der Waals surface area contributed by atoms with Crippen molar-refractivity contribution >= 4 is 38.9 Å². The van der Waals surface area contributed by atoms with Crippen molar-refractivity contribution in [2.75, 3.05) is 12.0 Å². The molecule has 29 heavy (non-hydrogen) atoms. The third-order valence-corrected chi connectivity index (χ3v) is 6.18. The lowest BCUT2D eigenvalue weighted by molar-refractivity contribution is -0.125. The number of amides is 3. The number of aliphatic hydroxyl groups is 2. The van der Waals surface area contributed by atoms with Crippen LogP contribution in [-0.2, 0) is 19.4 Å². The summed E-state index contributed by atoms with van der Waals surface area (Å²) in [5.74, 6) is -2.47. The molecule has 1 aliphatic carbocycles. The fraction of sp³-hybridized carbons (Fsp3) is 0.471. The van der Waals surface area contributed by atoms with Crippen LogP contribution in [0.5, 0.6) is 0 Å². The molecule has 1 aromatic rings.